The van der Waals surface area contributed by atoms with E-state index in [1.54, 1.807) is 0 Å². The molecule has 1 fully saturated rings. The summed E-state index contributed by atoms with van der Waals surface area (Å²) in [6, 6.07) is 0.633. The number of nitrogens with one attached hydrogen (secondary N) is 1. The van der Waals surface area contributed by atoms with Crippen LogP contribution in [0.25, 0.3) is 0 Å². The first kappa shape index (κ1) is 14.2. The Morgan fingerprint density at radius 1 is 1.31 bits per heavy atom. The minimum Gasteiger partial charge on any atom is -0.314 e. The molecule has 0 aromatic rings. The molecule has 1 N–H and O–H groups in total. The minimum absolute atomic E-state index is 0.522. The van der Waals surface area contributed by atoms with Crippen LogP contribution in [0.1, 0.15) is 52.4 Å². The smallest absolute Gasteiger partial charge is 0.0249 e. The summed E-state index contributed by atoms with van der Waals surface area (Å²) in [4.78, 5) is 0. The van der Waals surface area contributed by atoms with Gasteiger partial charge in [0.2, 0.25) is 0 Å². The van der Waals surface area contributed by atoms with Gasteiger partial charge < -0.3 is 5.32 Å². The summed E-state index contributed by atoms with van der Waals surface area (Å²) < 4.78 is 11.2. The molecule has 0 aliphatic carbocycles. The average Bonchev–Trinajstić information content (AvgIpc) is 2.32. The zero-order valence-electron chi connectivity index (χ0n) is 10.8. The third-order valence-corrected chi connectivity index (χ3v) is 5.01. The Morgan fingerprint density at radius 2 is 2.00 bits per heavy atom. The van der Waals surface area contributed by atoms with E-state index in [0.717, 1.165) is 36.8 Å². The van der Waals surface area contributed by atoms with Gasteiger partial charge in [0.15, 0.2) is 0 Å². The summed E-state index contributed by atoms with van der Waals surface area (Å²) in [6.45, 7) is 5.71. The molecular weight excluding hydrogens is 218 g/mol. The van der Waals surface area contributed by atoms with Gasteiger partial charge in [0.05, 0.1) is 0 Å². The summed E-state index contributed by atoms with van der Waals surface area (Å²) in [5.41, 5.74) is 0. The summed E-state index contributed by atoms with van der Waals surface area (Å²) >= 11 is 0. The first-order valence-corrected chi connectivity index (χ1v) is 8.33. The monoisotopic (exact) mass is 245 g/mol. The summed E-state index contributed by atoms with van der Waals surface area (Å²) in [5, 5.41) is 3.67. The molecule has 0 aromatic carbocycles. The summed E-state index contributed by atoms with van der Waals surface area (Å²) in [7, 11) is -0.522. The second-order valence-electron chi connectivity index (χ2n) is 4.95. The minimum atomic E-state index is -0.522. The lowest BCUT2D eigenvalue weighted by Crippen LogP contribution is -2.38. The van der Waals surface area contributed by atoms with Gasteiger partial charge in [0, 0.05) is 28.3 Å². The van der Waals surface area contributed by atoms with Crippen LogP contribution in [0.5, 0.6) is 0 Å². The SMILES string of the molecule is CCCCC(CC)CNC1CCS(=O)CC1. The first-order valence-electron chi connectivity index (χ1n) is 6.84. The van der Waals surface area contributed by atoms with Crippen molar-refractivity contribution in [2.75, 3.05) is 18.1 Å². The molecule has 1 unspecified atom stereocenters. The maximum Gasteiger partial charge on any atom is 0.0249 e. The van der Waals surface area contributed by atoms with E-state index in [1.165, 1.54) is 25.7 Å². The fourth-order valence-corrected chi connectivity index (χ4v) is 3.57. The highest BCUT2D eigenvalue weighted by atomic mass is 32.2. The molecule has 2 nitrogen and oxygen atoms in total. The zero-order chi connectivity index (χ0) is 11.8. The highest BCUT2D eigenvalue weighted by molar-refractivity contribution is 7.85. The molecule has 1 aliphatic heterocycles. The van der Waals surface area contributed by atoms with Crippen LogP contribution in [-0.4, -0.2) is 28.3 Å². The van der Waals surface area contributed by atoms with Crippen molar-refractivity contribution in [1.29, 1.82) is 0 Å². The third kappa shape index (κ3) is 5.44. The molecule has 1 heterocycles. The van der Waals surface area contributed by atoms with Crippen LogP contribution in [-0.2, 0) is 10.8 Å². The van der Waals surface area contributed by atoms with E-state index >= 15 is 0 Å². The fraction of sp³-hybridized carbons (Fsp3) is 1.00. The van der Waals surface area contributed by atoms with Crippen LogP contribution < -0.4 is 5.32 Å². The number of hydrogen-bond donors (Lipinski definition) is 1. The van der Waals surface area contributed by atoms with Gasteiger partial charge >= 0.3 is 0 Å². The highest BCUT2D eigenvalue weighted by Crippen LogP contribution is 2.14. The third-order valence-electron chi connectivity index (χ3n) is 3.63. The average molecular weight is 245 g/mol. The number of hydrogen-bond acceptors (Lipinski definition) is 2. The van der Waals surface area contributed by atoms with Gasteiger partial charge in [-0.2, -0.15) is 0 Å². The Labute approximate surface area is 103 Å². The quantitative estimate of drug-likeness (QED) is 0.747. The Morgan fingerprint density at radius 3 is 2.56 bits per heavy atom. The molecule has 0 bridgehead atoms. The molecule has 0 saturated carbocycles. The van der Waals surface area contributed by atoms with Gasteiger partial charge in [-0.05, 0) is 31.7 Å². The number of rotatable bonds is 7. The van der Waals surface area contributed by atoms with E-state index < -0.39 is 10.8 Å². The van der Waals surface area contributed by atoms with Crippen LogP contribution in [0.15, 0.2) is 0 Å². The highest BCUT2D eigenvalue weighted by Gasteiger charge is 2.18. The standard InChI is InChI=1S/C13H27NOS/c1-3-5-6-12(4-2)11-14-13-7-9-16(15)10-8-13/h12-14H,3-11H2,1-2H3. The van der Waals surface area contributed by atoms with Crippen LogP contribution in [0.3, 0.4) is 0 Å². The molecular formula is C13H27NOS. The summed E-state index contributed by atoms with van der Waals surface area (Å²) in [6.07, 6.45) is 7.52. The van der Waals surface area contributed by atoms with E-state index in [4.69, 9.17) is 0 Å². The Kier molecular flexibility index (Phi) is 7.30. The van der Waals surface area contributed by atoms with Crippen LogP contribution in [0.4, 0.5) is 0 Å². The van der Waals surface area contributed by atoms with Crippen LogP contribution in [0, 0.1) is 5.92 Å². The van der Waals surface area contributed by atoms with Crippen LogP contribution >= 0.6 is 0 Å². The van der Waals surface area contributed by atoms with E-state index in [9.17, 15) is 4.21 Å². The molecule has 0 spiro atoms. The van der Waals surface area contributed by atoms with Crippen molar-refractivity contribution in [2.24, 2.45) is 5.92 Å². The van der Waals surface area contributed by atoms with Gasteiger partial charge in [-0.15, -0.1) is 0 Å². The second kappa shape index (κ2) is 8.24. The Hall–Kier alpha value is 0.110. The van der Waals surface area contributed by atoms with Crippen molar-refractivity contribution in [3.63, 3.8) is 0 Å². The van der Waals surface area contributed by atoms with Crippen molar-refractivity contribution < 1.29 is 4.21 Å². The van der Waals surface area contributed by atoms with Crippen molar-refractivity contribution in [3.8, 4) is 0 Å². The predicted molar refractivity (Wildman–Crippen MR) is 72.2 cm³/mol. The van der Waals surface area contributed by atoms with E-state index in [2.05, 4.69) is 19.2 Å². The molecule has 3 heteroatoms. The number of unbranched alkanes of at least 4 members (excludes halogenated alkanes) is 1. The predicted octanol–water partition coefficient (Wildman–Crippen LogP) is 2.70. The van der Waals surface area contributed by atoms with Crippen molar-refractivity contribution in [2.45, 2.75) is 58.4 Å². The Balaban J connectivity index is 2.14. The van der Waals surface area contributed by atoms with Crippen molar-refractivity contribution >= 4 is 10.8 Å². The topological polar surface area (TPSA) is 29.1 Å². The lowest BCUT2D eigenvalue weighted by atomic mass is 9.98. The normalized spacial score (nSPS) is 27.9. The van der Waals surface area contributed by atoms with Gasteiger partial charge in [-0.1, -0.05) is 33.1 Å². The molecule has 96 valence electrons. The van der Waals surface area contributed by atoms with Gasteiger partial charge in [0.1, 0.15) is 0 Å². The second-order valence-corrected chi connectivity index (χ2v) is 6.64. The molecule has 1 saturated heterocycles. The molecule has 0 aromatic heterocycles. The largest absolute Gasteiger partial charge is 0.314 e. The molecule has 1 aliphatic rings. The van der Waals surface area contributed by atoms with Crippen LogP contribution in [0.2, 0.25) is 0 Å². The maximum atomic E-state index is 11.2. The first-order chi connectivity index (χ1) is 7.76. The fourth-order valence-electron chi connectivity index (χ4n) is 2.27. The van der Waals surface area contributed by atoms with E-state index in [-0.39, 0.29) is 0 Å². The lowest BCUT2D eigenvalue weighted by molar-refractivity contribution is 0.376. The summed E-state index contributed by atoms with van der Waals surface area (Å²) in [5.74, 6) is 2.65. The van der Waals surface area contributed by atoms with E-state index in [1.807, 2.05) is 0 Å². The van der Waals surface area contributed by atoms with Gasteiger partial charge in [0.25, 0.3) is 0 Å². The lowest BCUT2D eigenvalue weighted by Gasteiger charge is -2.25. The Bertz CT molecular complexity index is 198. The molecule has 0 radical (unpaired) electrons. The van der Waals surface area contributed by atoms with Crippen molar-refractivity contribution in [1.82, 2.24) is 5.32 Å². The maximum absolute atomic E-state index is 11.2. The van der Waals surface area contributed by atoms with E-state index in [0.29, 0.717) is 6.04 Å². The van der Waals surface area contributed by atoms with Gasteiger partial charge in [-0.3, -0.25) is 4.21 Å². The molecule has 16 heavy (non-hydrogen) atoms. The molecule has 1 rings (SSSR count). The van der Waals surface area contributed by atoms with Crippen molar-refractivity contribution in [3.05, 3.63) is 0 Å². The molecule has 0 amide bonds. The molecule has 1 atom stereocenters. The zero-order valence-corrected chi connectivity index (χ0v) is 11.7. The van der Waals surface area contributed by atoms with Gasteiger partial charge in [-0.25, -0.2) is 0 Å².